The third-order valence-electron chi connectivity index (χ3n) is 3.53. The Morgan fingerprint density at radius 1 is 1.38 bits per heavy atom. The van der Waals surface area contributed by atoms with E-state index < -0.39 is 5.60 Å². The van der Waals surface area contributed by atoms with Crippen molar-refractivity contribution in [2.45, 2.75) is 32.8 Å². The Kier molecular flexibility index (Phi) is 3.35. The van der Waals surface area contributed by atoms with Gasteiger partial charge in [0.1, 0.15) is 11.4 Å². The zero-order valence-corrected chi connectivity index (χ0v) is 12.7. The molecule has 5 heteroatoms. The molecule has 5 nitrogen and oxygen atoms in total. The zero-order chi connectivity index (χ0) is 15.0. The standard InChI is InChI=1S/C16H21N3O2/c1-16(2,3)21-15(20)19-9-11(10-19)8-14-17-12-6-4-5-7-13(12)18-14/h4-7,11H,8-10H2,1-3H3,(H,17,18). The molecule has 0 spiro atoms. The average molecular weight is 287 g/mol. The summed E-state index contributed by atoms with van der Waals surface area (Å²) < 4.78 is 5.35. The van der Waals surface area contributed by atoms with E-state index in [2.05, 4.69) is 9.97 Å². The van der Waals surface area contributed by atoms with Crippen LogP contribution in [-0.4, -0.2) is 39.7 Å². The molecule has 1 N–H and O–H groups in total. The van der Waals surface area contributed by atoms with E-state index in [1.807, 2.05) is 45.0 Å². The van der Waals surface area contributed by atoms with Crippen LogP contribution < -0.4 is 0 Å². The van der Waals surface area contributed by atoms with Gasteiger partial charge < -0.3 is 14.6 Å². The number of carbonyl (C=O) groups is 1. The van der Waals surface area contributed by atoms with Gasteiger partial charge in [0.2, 0.25) is 0 Å². The van der Waals surface area contributed by atoms with Gasteiger partial charge in [-0.15, -0.1) is 0 Å². The summed E-state index contributed by atoms with van der Waals surface area (Å²) in [6.07, 6.45) is 0.650. The maximum atomic E-state index is 11.9. The molecule has 0 atom stereocenters. The van der Waals surface area contributed by atoms with Crippen LogP contribution in [0, 0.1) is 5.92 Å². The van der Waals surface area contributed by atoms with Crippen molar-refractivity contribution in [2.75, 3.05) is 13.1 Å². The van der Waals surface area contributed by atoms with E-state index in [0.717, 1.165) is 36.4 Å². The fraction of sp³-hybridized carbons (Fsp3) is 0.500. The third kappa shape index (κ3) is 3.17. The molecule has 1 aliphatic rings. The van der Waals surface area contributed by atoms with Crippen molar-refractivity contribution in [3.8, 4) is 0 Å². The highest BCUT2D eigenvalue weighted by molar-refractivity contribution is 5.74. The molecule has 0 aliphatic carbocycles. The van der Waals surface area contributed by atoms with E-state index in [4.69, 9.17) is 4.74 Å². The average Bonchev–Trinajstić information content (AvgIpc) is 2.73. The van der Waals surface area contributed by atoms with Crippen LogP contribution in [0.3, 0.4) is 0 Å². The molecule has 0 radical (unpaired) electrons. The van der Waals surface area contributed by atoms with Crippen molar-refractivity contribution < 1.29 is 9.53 Å². The van der Waals surface area contributed by atoms with Crippen LogP contribution in [0.4, 0.5) is 4.79 Å². The molecule has 1 saturated heterocycles. The number of nitrogens with zero attached hydrogens (tertiary/aromatic N) is 2. The number of hydrogen-bond donors (Lipinski definition) is 1. The van der Waals surface area contributed by atoms with Crippen LogP contribution in [-0.2, 0) is 11.2 Å². The first-order valence-corrected chi connectivity index (χ1v) is 7.32. The molecule has 112 valence electrons. The van der Waals surface area contributed by atoms with E-state index in [-0.39, 0.29) is 6.09 Å². The predicted molar refractivity (Wildman–Crippen MR) is 81.1 cm³/mol. The van der Waals surface area contributed by atoms with E-state index >= 15 is 0 Å². The smallest absolute Gasteiger partial charge is 0.410 e. The van der Waals surface area contributed by atoms with Gasteiger partial charge in [0, 0.05) is 25.4 Å². The number of para-hydroxylation sites is 2. The minimum atomic E-state index is -0.430. The Hall–Kier alpha value is -2.04. The quantitative estimate of drug-likeness (QED) is 0.923. The predicted octanol–water partition coefficient (Wildman–Crippen LogP) is 2.97. The van der Waals surface area contributed by atoms with Crippen LogP contribution in [0.1, 0.15) is 26.6 Å². The lowest BCUT2D eigenvalue weighted by Gasteiger charge is -2.39. The highest BCUT2D eigenvalue weighted by Gasteiger charge is 2.34. The van der Waals surface area contributed by atoms with Crippen LogP contribution in [0.2, 0.25) is 0 Å². The number of carbonyl (C=O) groups excluding carboxylic acids is 1. The van der Waals surface area contributed by atoms with Gasteiger partial charge in [0.25, 0.3) is 0 Å². The first kappa shape index (κ1) is 13.9. The SMILES string of the molecule is CC(C)(C)OC(=O)N1CC(Cc2nc3ccccc3[nH]2)C1. The molecule has 1 aromatic carbocycles. The van der Waals surface area contributed by atoms with Gasteiger partial charge in [0.15, 0.2) is 0 Å². The fourth-order valence-corrected chi connectivity index (χ4v) is 2.55. The van der Waals surface area contributed by atoms with Crippen LogP contribution in [0.5, 0.6) is 0 Å². The summed E-state index contributed by atoms with van der Waals surface area (Å²) in [6, 6.07) is 8.02. The van der Waals surface area contributed by atoms with Gasteiger partial charge in [-0.05, 0) is 32.9 Å². The maximum absolute atomic E-state index is 11.9. The van der Waals surface area contributed by atoms with Crippen molar-refractivity contribution in [3.63, 3.8) is 0 Å². The van der Waals surface area contributed by atoms with Crippen molar-refractivity contribution in [1.29, 1.82) is 0 Å². The Balaban J connectivity index is 1.54. The van der Waals surface area contributed by atoms with E-state index in [1.165, 1.54) is 0 Å². The molecule has 1 amide bonds. The normalized spacial score (nSPS) is 16.0. The Morgan fingerprint density at radius 3 is 2.76 bits per heavy atom. The first-order valence-electron chi connectivity index (χ1n) is 7.32. The van der Waals surface area contributed by atoms with Crippen molar-refractivity contribution in [3.05, 3.63) is 30.1 Å². The molecule has 1 aromatic heterocycles. The lowest BCUT2D eigenvalue weighted by molar-refractivity contribution is -0.00111. The summed E-state index contributed by atoms with van der Waals surface area (Å²) in [5.74, 6) is 1.45. The minimum absolute atomic E-state index is 0.219. The second-order valence-electron chi connectivity index (χ2n) is 6.66. The monoisotopic (exact) mass is 287 g/mol. The second kappa shape index (κ2) is 5.06. The molecular weight excluding hydrogens is 266 g/mol. The number of likely N-dealkylation sites (tertiary alicyclic amines) is 1. The zero-order valence-electron chi connectivity index (χ0n) is 12.7. The molecule has 0 saturated carbocycles. The van der Waals surface area contributed by atoms with E-state index in [9.17, 15) is 4.79 Å². The van der Waals surface area contributed by atoms with E-state index in [1.54, 1.807) is 4.90 Å². The molecule has 0 bridgehead atoms. The maximum Gasteiger partial charge on any atom is 0.410 e. The summed E-state index contributed by atoms with van der Waals surface area (Å²) >= 11 is 0. The number of H-pyrrole nitrogens is 1. The van der Waals surface area contributed by atoms with Gasteiger partial charge in [0.05, 0.1) is 11.0 Å². The lowest BCUT2D eigenvalue weighted by atomic mass is 9.97. The largest absolute Gasteiger partial charge is 0.444 e. The molecule has 2 aromatic rings. The molecule has 21 heavy (non-hydrogen) atoms. The number of imidazole rings is 1. The van der Waals surface area contributed by atoms with Gasteiger partial charge in [-0.25, -0.2) is 9.78 Å². The van der Waals surface area contributed by atoms with Crippen molar-refractivity contribution >= 4 is 17.1 Å². The van der Waals surface area contributed by atoms with Gasteiger partial charge >= 0.3 is 6.09 Å². The number of benzene rings is 1. The Bertz CT molecular complexity index is 618. The number of amides is 1. The Morgan fingerprint density at radius 2 is 2.10 bits per heavy atom. The van der Waals surface area contributed by atoms with Gasteiger partial charge in [-0.1, -0.05) is 12.1 Å². The topological polar surface area (TPSA) is 58.2 Å². The first-order chi connectivity index (χ1) is 9.90. The van der Waals surface area contributed by atoms with Gasteiger partial charge in [-0.2, -0.15) is 0 Å². The second-order valence-corrected chi connectivity index (χ2v) is 6.66. The number of nitrogens with one attached hydrogen (secondary N) is 1. The molecular formula is C16H21N3O2. The third-order valence-corrected chi connectivity index (χ3v) is 3.53. The van der Waals surface area contributed by atoms with Crippen molar-refractivity contribution in [2.24, 2.45) is 5.92 Å². The van der Waals surface area contributed by atoms with Crippen LogP contribution in [0.15, 0.2) is 24.3 Å². The summed E-state index contributed by atoms with van der Waals surface area (Å²) in [7, 11) is 0. The van der Waals surface area contributed by atoms with Crippen LogP contribution >= 0.6 is 0 Å². The van der Waals surface area contributed by atoms with E-state index in [0.29, 0.717) is 5.92 Å². The lowest BCUT2D eigenvalue weighted by Crippen LogP contribution is -2.52. The molecule has 1 aliphatic heterocycles. The number of aromatic nitrogens is 2. The number of aromatic amines is 1. The Labute approximate surface area is 124 Å². The fourth-order valence-electron chi connectivity index (χ4n) is 2.55. The summed E-state index contributed by atoms with van der Waals surface area (Å²) in [4.78, 5) is 21.5. The summed E-state index contributed by atoms with van der Waals surface area (Å²) in [6.45, 7) is 7.14. The molecule has 3 rings (SSSR count). The molecule has 2 heterocycles. The molecule has 0 unspecified atom stereocenters. The van der Waals surface area contributed by atoms with Gasteiger partial charge in [-0.3, -0.25) is 0 Å². The van der Waals surface area contributed by atoms with Crippen LogP contribution in [0.25, 0.3) is 11.0 Å². The highest BCUT2D eigenvalue weighted by atomic mass is 16.6. The number of hydrogen-bond acceptors (Lipinski definition) is 3. The molecule has 1 fully saturated rings. The summed E-state index contributed by atoms with van der Waals surface area (Å²) in [5, 5.41) is 0. The number of ether oxygens (including phenoxy) is 1. The minimum Gasteiger partial charge on any atom is -0.444 e. The highest BCUT2D eigenvalue weighted by Crippen LogP contribution is 2.23. The number of fused-ring (bicyclic) bond motifs is 1. The summed E-state index contributed by atoms with van der Waals surface area (Å²) in [5.41, 5.74) is 1.63. The van der Waals surface area contributed by atoms with Crippen molar-refractivity contribution in [1.82, 2.24) is 14.9 Å². The number of rotatable bonds is 2.